The number of aliphatic hydroxyl groups is 4. The van der Waals surface area contributed by atoms with Crippen LogP contribution in [0.1, 0.15) is 53.4 Å². The summed E-state index contributed by atoms with van der Waals surface area (Å²) in [5.41, 5.74) is -3.79. The smallest absolute Gasteiger partial charge is 0.303 e. The molecule has 0 aromatic carbocycles. The molecule has 4 fully saturated rings. The molecule has 2 bridgehead atoms. The van der Waals surface area contributed by atoms with Gasteiger partial charge in [0.25, 0.3) is 0 Å². The molecule has 0 aromatic rings. The molecule has 0 saturated heterocycles. The standard InChI is InChI=1S/C23H36O7/c1-11-13-7-8-14-18(25)22(13,10-21(14,5)27)9-15(30-12(2)24)23(28)16(11)17(29-6)19(26)20(23,3)4/h13-19,25-28H,1,7-10H2,2-6H3/t13-,14+,15+,16+,17+,18+,19-,21+,22-,23+/m0/s1. The third kappa shape index (κ3) is 2.47. The fourth-order valence-electron chi connectivity index (χ4n) is 7.87. The number of methoxy groups -OCH3 is 1. The van der Waals surface area contributed by atoms with E-state index in [1.54, 1.807) is 20.8 Å². The SMILES string of the molecule is C=C1[C@@H]2[C@@H](OC)[C@H](O)C(C)(C)[C@@]2(O)[C@H](OC(C)=O)C[C@]23C[C@@](C)(O)[C@H](CC[C@@H]12)[C@H]3O. The van der Waals surface area contributed by atoms with Gasteiger partial charge in [-0.15, -0.1) is 0 Å². The molecule has 30 heavy (non-hydrogen) atoms. The van der Waals surface area contributed by atoms with Gasteiger partial charge in [0, 0.05) is 36.7 Å². The summed E-state index contributed by atoms with van der Waals surface area (Å²) < 4.78 is 11.4. The zero-order chi connectivity index (χ0) is 22.4. The molecule has 170 valence electrons. The van der Waals surface area contributed by atoms with Gasteiger partial charge < -0.3 is 29.9 Å². The van der Waals surface area contributed by atoms with Crippen molar-refractivity contribution >= 4 is 5.97 Å². The Morgan fingerprint density at radius 2 is 1.77 bits per heavy atom. The predicted molar refractivity (Wildman–Crippen MR) is 108 cm³/mol. The van der Waals surface area contributed by atoms with E-state index in [2.05, 4.69) is 6.58 Å². The van der Waals surface area contributed by atoms with Crippen LogP contribution >= 0.6 is 0 Å². The lowest BCUT2D eigenvalue weighted by molar-refractivity contribution is -0.198. The second-order valence-corrected chi connectivity index (χ2v) is 11.0. The molecule has 0 unspecified atom stereocenters. The van der Waals surface area contributed by atoms with E-state index in [1.165, 1.54) is 14.0 Å². The second kappa shape index (κ2) is 6.51. The van der Waals surface area contributed by atoms with Crippen molar-refractivity contribution in [3.8, 4) is 0 Å². The lowest BCUT2D eigenvalue weighted by atomic mass is 9.61. The number of carbonyl (C=O) groups is 1. The van der Waals surface area contributed by atoms with Crippen LogP contribution in [0.3, 0.4) is 0 Å². The molecule has 4 aliphatic carbocycles. The summed E-state index contributed by atoms with van der Waals surface area (Å²) >= 11 is 0. The molecule has 0 aromatic heterocycles. The number of hydrogen-bond acceptors (Lipinski definition) is 7. The van der Waals surface area contributed by atoms with E-state index in [4.69, 9.17) is 9.47 Å². The Morgan fingerprint density at radius 1 is 1.13 bits per heavy atom. The highest BCUT2D eigenvalue weighted by atomic mass is 16.6. The maximum Gasteiger partial charge on any atom is 0.303 e. The lowest BCUT2D eigenvalue weighted by Crippen LogP contribution is -2.58. The van der Waals surface area contributed by atoms with Gasteiger partial charge in [0.15, 0.2) is 0 Å². The second-order valence-electron chi connectivity index (χ2n) is 11.0. The first-order chi connectivity index (χ1) is 13.8. The summed E-state index contributed by atoms with van der Waals surface area (Å²) in [6, 6.07) is 0. The molecule has 0 aliphatic heterocycles. The van der Waals surface area contributed by atoms with Crippen LogP contribution in [0.25, 0.3) is 0 Å². The van der Waals surface area contributed by atoms with Crippen LogP contribution in [0.5, 0.6) is 0 Å². The molecule has 7 nitrogen and oxygen atoms in total. The zero-order valence-electron chi connectivity index (χ0n) is 18.6. The average Bonchev–Trinajstić information content (AvgIpc) is 2.81. The zero-order valence-corrected chi connectivity index (χ0v) is 18.6. The fourth-order valence-corrected chi connectivity index (χ4v) is 7.87. The first kappa shape index (κ1) is 22.2. The number of ether oxygens (including phenoxy) is 2. The van der Waals surface area contributed by atoms with E-state index in [1.807, 2.05) is 0 Å². The van der Waals surface area contributed by atoms with Gasteiger partial charge in [-0.25, -0.2) is 0 Å². The van der Waals surface area contributed by atoms with Gasteiger partial charge in [-0.3, -0.25) is 4.79 Å². The van der Waals surface area contributed by atoms with Gasteiger partial charge in [-0.1, -0.05) is 26.0 Å². The van der Waals surface area contributed by atoms with E-state index < -0.39 is 58.3 Å². The molecule has 4 aliphatic rings. The minimum atomic E-state index is -1.63. The molecule has 4 N–H and O–H groups in total. The quantitative estimate of drug-likeness (QED) is 0.388. The molecular weight excluding hydrogens is 388 g/mol. The summed E-state index contributed by atoms with van der Waals surface area (Å²) in [6.07, 6.45) is -1.58. The Bertz CT molecular complexity index is 761. The topological polar surface area (TPSA) is 116 Å². The molecule has 4 rings (SSSR count). The third-order valence-electron chi connectivity index (χ3n) is 9.29. The van der Waals surface area contributed by atoms with Crippen molar-refractivity contribution in [2.24, 2.45) is 28.6 Å². The van der Waals surface area contributed by atoms with Crippen molar-refractivity contribution in [2.75, 3.05) is 7.11 Å². The Kier molecular flexibility index (Phi) is 4.82. The van der Waals surface area contributed by atoms with Crippen molar-refractivity contribution in [1.82, 2.24) is 0 Å². The van der Waals surface area contributed by atoms with Crippen LogP contribution in [0.4, 0.5) is 0 Å². The van der Waals surface area contributed by atoms with Crippen molar-refractivity contribution in [3.63, 3.8) is 0 Å². The van der Waals surface area contributed by atoms with Crippen LogP contribution < -0.4 is 0 Å². The summed E-state index contributed by atoms with van der Waals surface area (Å²) in [4.78, 5) is 12.1. The molecule has 1 spiro atoms. The van der Waals surface area contributed by atoms with E-state index in [9.17, 15) is 25.2 Å². The van der Waals surface area contributed by atoms with E-state index in [-0.39, 0.29) is 18.3 Å². The van der Waals surface area contributed by atoms with Gasteiger partial charge >= 0.3 is 5.97 Å². The number of rotatable bonds is 2. The highest BCUT2D eigenvalue weighted by molar-refractivity contribution is 5.66. The van der Waals surface area contributed by atoms with Gasteiger partial charge in [-0.2, -0.15) is 0 Å². The molecule has 4 saturated carbocycles. The minimum Gasteiger partial charge on any atom is -0.459 e. The molecule has 0 radical (unpaired) electrons. The fraction of sp³-hybridized carbons (Fsp3) is 0.870. The minimum absolute atomic E-state index is 0.187. The first-order valence-electron chi connectivity index (χ1n) is 10.9. The number of aliphatic hydroxyl groups excluding tert-OH is 2. The first-order valence-corrected chi connectivity index (χ1v) is 10.9. The van der Waals surface area contributed by atoms with E-state index in [0.29, 0.717) is 24.8 Å². The van der Waals surface area contributed by atoms with Gasteiger partial charge in [-0.05, 0) is 38.5 Å². The number of esters is 1. The molecular formula is C23H36O7. The van der Waals surface area contributed by atoms with Crippen LogP contribution in [0.2, 0.25) is 0 Å². The lowest BCUT2D eigenvalue weighted by Gasteiger charge is -2.47. The summed E-state index contributed by atoms with van der Waals surface area (Å²) in [6.45, 7) is 10.9. The maximum absolute atomic E-state index is 12.2. The Morgan fingerprint density at radius 3 is 2.33 bits per heavy atom. The molecule has 0 amide bonds. The molecule has 0 heterocycles. The number of fused-ring (bicyclic) bond motifs is 2. The Labute approximate surface area is 178 Å². The predicted octanol–water partition coefficient (Wildman–Crippen LogP) is 1.17. The van der Waals surface area contributed by atoms with Gasteiger partial charge in [0.05, 0.1) is 23.9 Å². The number of hydrogen-bond donors (Lipinski definition) is 4. The van der Waals surface area contributed by atoms with Gasteiger partial charge in [0.1, 0.15) is 11.7 Å². The third-order valence-corrected chi connectivity index (χ3v) is 9.29. The van der Waals surface area contributed by atoms with Gasteiger partial charge in [0.2, 0.25) is 0 Å². The summed E-state index contributed by atoms with van der Waals surface area (Å²) in [5.74, 6) is -1.67. The van der Waals surface area contributed by atoms with Crippen molar-refractivity contribution in [2.45, 2.75) is 89.0 Å². The Balaban J connectivity index is 1.93. The monoisotopic (exact) mass is 424 g/mol. The average molecular weight is 425 g/mol. The van der Waals surface area contributed by atoms with E-state index in [0.717, 1.165) is 0 Å². The summed E-state index contributed by atoms with van der Waals surface area (Å²) in [5, 5.41) is 45.8. The Hall–Kier alpha value is -0.990. The van der Waals surface area contributed by atoms with E-state index >= 15 is 0 Å². The maximum atomic E-state index is 12.2. The van der Waals surface area contributed by atoms with Crippen LogP contribution in [0, 0.1) is 28.6 Å². The highest BCUT2D eigenvalue weighted by Crippen LogP contribution is 2.69. The molecule has 7 heteroatoms. The van der Waals surface area contributed by atoms with Crippen molar-refractivity contribution < 1.29 is 34.7 Å². The summed E-state index contributed by atoms with van der Waals surface area (Å²) in [7, 11) is 1.50. The van der Waals surface area contributed by atoms with Crippen LogP contribution in [0.15, 0.2) is 12.2 Å². The highest BCUT2D eigenvalue weighted by Gasteiger charge is 2.75. The van der Waals surface area contributed by atoms with Crippen molar-refractivity contribution in [3.05, 3.63) is 12.2 Å². The normalized spacial score (nSPS) is 54.3. The number of carbonyl (C=O) groups excluding carboxylic acids is 1. The molecule has 10 atom stereocenters. The largest absolute Gasteiger partial charge is 0.459 e. The van der Waals surface area contributed by atoms with Crippen LogP contribution in [-0.2, 0) is 14.3 Å². The van der Waals surface area contributed by atoms with Crippen molar-refractivity contribution in [1.29, 1.82) is 0 Å². The van der Waals surface area contributed by atoms with Crippen LogP contribution in [-0.4, -0.2) is 69.1 Å².